The first-order valence-corrected chi connectivity index (χ1v) is 8.47. The van der Waals surface area contributed by atoms with Gasteiger partial charge in [0.25, 0.3) is 11.8 Å². The SMILES string of the molecule is C[C@@H](SC(=S)N1CCCC1)C(=O)NNC(=O)c1ccccc1. The molecule has 0 radical (unpaired) electrons. The number of thiocarbonyl (C=S) groups is 1. The maximum absolute atomic E-state index is 12.0. The van der Waals surface area contributed by atoms with E-state index in [1.54, 1.807) is 31.2 Å². The molecule has 1 atom stereocenters. The van der Waals surface area contributed by atoms with Gasteiger partial charge >= 0.3 is 0 Å². The largest absolute Gasteiger partial charge is 0.358 e. The van der Waals surface area contributed by atoms with Gasteiger partial charge in [-0.2, -0.15) is 0 Å². The molecule has 5 nitrogen and oxygen atoms in total. The Morgan fingerprint density at radius 1 is 1.18 bits per heavy atom. The number of nitrogens with one attached hydrogen (secondary N) is 2. The second-order valence-electron chi connectivity index (χ2n) is 5.03. The lowest BCUT2D eigenvalue weighted by Gasteiger charge is -2.20. The molecule has 0 spiro atoms. The summed E-state index contributed by atoms with van der Waals surface area (Å²) >= 11 is 6.69. The van der Waals surface area contributed by atoms with E-state index in [9.17, 15) is 9.59 Å². The van der Waals surface area contributed by atoms with E-state index in [0.717, 1.165) is 30.3 Å². The van der Waals surface area contributed by atoms with Crippen LogP contribution in [0.2, 0.25) is 0 Å². The van der Waals surface area contributed by atoms with Gasteiger partial charge < -0.3 is 4.90 Å². The Balaban J connectivity index is 1.76. The Kier molecular flexibility index (Phi) is 6.21. The molecular weight excluding hydrogens is 318 g/mol. The molecule has 1 aliphatic rings. The topological polar surface area (TPSA) is 61.4 Å². The second-order valence-corrected chi connectivity index (χ2v) is 7.00. The average molecular weight is 337 g/mol. The van der Waals surface area contributed by atoms with Gasteiger partial charge in [-0.15, -0.1) is 0 Å². The lowest BCUT2D eigenvalue weighted by Crippen LogP contribution is -2.45. The van der Waals surface area contributed by atoms with E-state index in [1.807, 2.05) is 6.07 Å². The monoisotopic (exact) mass is 337 g/mol. The summed E-state index contributed by atoms with van der Waals surface area (Å²) in [6.07, 6.45) is 2.29. The summed E-state index contributed by atoms with van der Waals surface area (Å²) < 4.78 is 0.745. The van der Waals surface area contributed by atoms with E-state index in [2.05, 4.69) is 15.8 Å². The van der Waals surface area contributed by atoms with Crippen molar-refractivity contribution >= 4 is 40.1 Å². The van der Waals surface area contributed by atoms with Gasteiger partial charge in [0.05, 0.1) is 5.25 Å². The van der Waals surface area contributed by atoms with E-state index in [0.29, 0.717) is 5.56 Å². The molecule has 0 bridgehead atoms. The van der Waals surface area contributed by atoms with Crippen molar-refractivity contribution in [2.75, 3.05) is 13.1 Å². The number of hydrogen-bond donors (Lipinski definition) is 2. The van der Waals surface area contributed by atoms with Gasteiger partial charge in [-0.05, 0) is 31.9 Å². The number of amides is 2. The third-order valence-electron chi connectivity index (χ3n) is 3.35. The first kappa shape index (κ1) is 16.8. The molecule has 1 aromatic rings. The van der Waals surface area contributed by atoms with E-state index in [1.165, 1.54) is 11.8 Å². The highest BCUT2D eigenvalue weighted by Crippen LogP contribution is 2.20. The minimum atomic E-state index is -0.357. The smallest absolute Gasteiger partial charge is 0.269 e. The molecule has 0 saturated carbocycles. The second kappa shape index (κ2) is 8.14. The molecule has 2 amide bonds. The Morgan fingerprint density at radius 2 is 1.82 bits per heavy atom. The van der Waals surface area contributed by atoms with Gasteiger partial charge in [-0.25, -0.2) is 0 Å². The Labute approximate surface area is 139 Å². The zero-order chi connectivity index (χ0) is 15.9. The fourth-order valence-electron chi connectivity index (χ4n) is 2.06. The zero-order valence-electron chi connectivity index (χ0n) is 12.4. The molecular formula is C15H19N3O2S2. The first-order valence-electron chi connectivity index (χ1n) is 7.18. The van der Waals surface area contributed by atoms with Crippen LogP contribution in [-0.4, -0.2) is 39.4 Å². The van der Waals surface area contributed by atoms with E-state index in [4.69, 9.17) is 12.2 Å². The Bertz CT molecular complexity index is 545. The molecule has 1 saturated heterocycles. The van der Waals surface area contributed by atoms with Crippen LogP contribution in [0, 0.1) is 0 Å². The summed E-state index contributed by atoms with van der Waals surface area (Å²) in [5.41, 5.74) is 5.35. The van der Waals surface area contributed by atoms with Crippen molar-refractivity contribution in [3.63, 3.8) is 0 Å². The van der Waals surface area contributed by atoms with E-state index in [-0.39, 0.29) is 17.1 Å². The Morgan fingerprint density at radius 3 is 2.45 bits per heavy atom. The highest BCUT2D eigenvalue weighted by Gasteiger charge is 2.21. The number of likely N-dealkylation sites (tertiary alicyclic amines) is 1. The fraction of sp³-hybridized carbons (Fsp3) is 0.400. The summed E-state index contributed by atoms with van der Waals surface area (Å²) in [6.45, 7) is 3.70. The minimum Gasteiger partial charge on any atom is -0.358 e. The van der Waals surface area contributed by atoms with Gasteiger partial charge in [0, 0.05) is 18.7 Å². The number of thioether (sulfide) groups is 1. The molecule has 1 aliphatic heterocycles. The predicted octanol–water partition coefficient (Wildman–Crippen LogP) is 1.95. The summed E-state index contributed by atoms with van der Waals surface area (Å²) in [6, 6.07) is 8.73. The van der Waals surface area contributed by atoms with Gasteiger partial charge in [0.2, 0.25) is 0 Å². The van der Waals surface area contributed by atoms with Gasteiger partial charge in [-0.1, -0.05) is 42.2 Å². The van der Waals surface area contributed by atoms with Crippen LogP contribution in [0.1, 0.15) is 30.1 Å². The fourth-order valence-corrected chi connectivity index (χ4v) is 3.48. The number of carbonyl (C=O) groups is 2. The van der Waals surface area contributed by atoms with Gasteiger partial charge in [0.15, 0.2) is 0 Å². The third-order valence-corrected chi connectivity index (χ3v) is 4.92. The van der Waals surface area contributed by atoms with Gasteiger partial charge in [0.1, 0.15) is 4.32 Å². The van der Waals surface area contributed by atoms with Crippen LogP contribution >= 0.6 is 24.0 Å². The normalized spacial score (nSPS) is 15.2. The first-order chi connectivity index (χ1) is 10.6. The minimum absolute atomic E-state index is 0.268. The maximum Gasteiger partial charge on any atom is 0.269 e. The van der Waals surface area contributed by atoms with Crippen molar-refractivity contribution in [3.05, 3.63) is 35.9 Å². The molecule has 2 rings (SSSR count). The summed E-state index contributed by atoms with van der Waals surface area (Å²) in [5.74, 6) is -0.607. The number of hydrogen-bond acceptors (Lipinski definition) is 4. The molecule has 1 aromatic carbocycles. The molecule has 1 fully saturated rings. The van der Waals surface area contributed by atoms with Crippen molar-refractivity contribution in [1.82, 2.24) is 15.8 Å². The van der Waals surface area contributed by atoms with Crippen molar-refractivity contribution in [3.8, 4) is 0 Å². The lowest BCUT2D eigenvalue weighted by molar-refractivity contribution is -0.121. The van der Waals surface area contributed by atoms with Crippen LogP contribution in [0.4, 0.5) is 0 Å². The van der Waals surface area contributed by atoms with Crippen molar-refractivity contribution in [2.45, 2.75) is 25.0 Å². The van der Waals surface area contributed by atoms with Crippen LogP contribution in [0.3, 0.4) is 0 Å². The molecule has 118 valence electrons. The number of hydrazine groups is 1. The highest BCUT2D eigenvalue weighted by atomic mass is 32.2. The maximum atomic E-state index is 12.0. The van der Waals surface area contributed by atoms with Crippen LogP contribution in [-0.2, 0) is 4.79 Å². The average Bonchev–Trinajstić information content (AvgIpc) is 3.07. The standard InChI is InChI=1S/C15H19N3O2S2/c1-11(22-15(21)18-9-5-6-10-18)13(19)16-17-14(20)12-7-3-2-4-8-12/h2-4,7-8,11H,5-6,9-10H2,1H3,(H,16,19)(H,17,20)/t11-/m1/s1. The molecule has 0 unspecified atom stereocenters. The number of rotatable bonds is 3. The Hall–Kier alpha value is -1.60. The molecule has 0 aliphatic carbocycles. The van der Waals surface area contributed by atoms with E-state index < -0.39 is 0 Å². The number of benzene rings is 1. The lowest BCUT2D eigenvalue weighted by atomic mass is 10.2. The summed E-state index contributed by atoms with van der Waals surface area (Å²) in [4.78, 5) is 26.0. The van der Waals surface area contributed by atoms with Crippen LogP contribution in [0.15, 0.2) is 30.3 Å². The summed E-state index contributed by atoms with van der Waals surface area (Å²) in [7, 11) is 0. The van der Waals surface area contributed by atoms with Crippen molar-refractivity contribution in [1.29, 1.82) is 0 Å². The predicted molar refractivity (Wildman–Crippen MR) is 92.5 cm³/mol. The van der Waals surface area contributed by atoms with Crippen molar-refractivity contribution < 1.29 is 9.59 Å². The molecule has 1 heterocycles. The molecule has 0 aromatic heterocycles. The molecule has 7 heteroatoms. The molecule has 2 N–H and O–H groups in total. The number of nitrogens with zero attached hydrogens (tertiary/aromatic N) is 1. The van der Waals surface area contributed by atoms with Crippen LogP contribution < -0.4 is 10.9 Å². The number of carbonyl (C=O) groups excluding carboxylic acids is 2. The van der Waals surface area contributed by atoms with E-state index >= 15 is 0 Å². The molecule has 22 heavy (non-hydrogen) atoms. The third kappa shape index (κ3) is 4.71. The van der Waals surface area contributed by atoms with Crippen molar-refractivity contribution in [2.24, 2.45) is 0 Å². The zero-order valence-corrected chi connectivity index (χ0v) is 14.0. The highest BCUT2D eigenvalue weighted by molar-refractivity contribution is 8.23. The van der Waals surface area contributed by atoms with Crippen LogP contribution in [0.25, 0.3) is 0 Å². The quantitative estimate of drug-likeness (QED) is 0.652. The van der Waals surface area contributed by atoms with Crippen LogP contribution in [0.5, 0.6) is 0 Å². The summed E-state index contributed by atoms with van der Waals surface area (Å²) in [5, 5.41) is -0.357. The van der Waals surface area contributed by atoms with Gasteiger partial charge in [-0.3, -0.25) is 20.4 Å².